The molecule has 16 heavy (non-hydrogen) atoms. The maximum atomic E-state index is 8.05. The summed E-state index contributed by atoms with van der Waals surface area (Å²) in [6.45, 7) is 2.03. The highest BCUT2D eigenvalue weighted by Gasteiger charge is 2.21. The summed E-state index contributed by atoms with van der Waals surface area (Å²) in [5.41, 5.74) is 5.52. The van der Waals surface area contributed by atoms with Crippen molar-refractivity contribution in [1.82, 2.24) is 4.98 Å². The van der Waals surface area contributed by atoms with E-state index in [1.807, 2.05) is 25.3 Å². The average Bonchev–Trinajstić information content (AvgIpc) is 2.76. The number of hydrogen-bond acceptors (Lipinski definition) is 2. The molecule has 0 aliphatic carbocycles. The molecule has 0 saturated heterocycles. The molecule has 0 aliphatic heterocycles. The number of H-pyrrole nitrogens is 1. The number of nitrogens with two attached hydrogens (primary N) is 1. The summed E-state index contributed by atoms with van der Waals surface area (Å²) in [6, 6.07) is 3.76. The molecule has 0 radical (unpaired) electrons. The van der Waals surface area contributed by atoms with Crippen molar-refractivity contribution in [3.8, 4) is 0 Å². The van der Waals surface area contributed by atoms with Crippen LogP contribution in [-0.2, 0) is 0 Å². The van der Waals surface area contributed by atoms with Gasteiger partial charge >= 0.3 is 0 Å². The van der Waals surface area contributed by atoms with Gasteiger partial charge < -0.3 is 15.6 Å². The molecule has 88 valence electrons. The first-order valence-corrected chi connectivity index (χ1v) is 5.37. The van der Waals surface area contributed by atoms with Gasteiger partial charge in [-0.25, -0.2) is 0 Å². The van der Waals surface area contributed by atoms with Crippen LogP contribution in [-0.4, -0.2) is 23.7 Å². The number of amidine groups is 2. The van der Waals surface area contributed by atoms with Crippen molar-refractivity contribution in [1.29, 1.82) is 10.8 Å². The molecule has 0 spiro atoms. The Hall–Kier alpha value is -1.78. The molecule has 1 atom stereocenters. The third-order valence-electron chi connectivity index (χ3n) is 2.59. The van der Waals surface area contributed by atoms with Gasteiger partial charge in [-0.05, 0) is 18.6 Å². The molecule has 0 aromatic carbocycles. The lowest BCUT2D eigenvalue weighted by molar-refractivity contribution is 0.728. The fourth-order valence-electron chi connectivity index (χ4n) is 1.62. The van der Waals surface area contributed by atoms with E-state index in [2.05, 4.69) is 4.98 Å². The molecular weight excluding hydrogens is 202 g/mol. The van der Waals surface area contributed by atoms with Gasteiger partial charge in [-0.3, -0.25) is 10.8 Å². The first-order chi connectivity index (χ1) is 7.57. The van der Waals surface area contributed by atoms with Crippen LogP contribution in [0.1, 0.15) is 19.8 Å². The van der Waals surface area contributed by atoms with Crippen LogP contribution in [0.25, 0.3) is 0 Å². The summed E-state index contributed by atoms with van der Waals surface area (Å²) in [4.78, 5) is 4.75. The Kier molecular flexibility index (Phi) is 4.10. The molecule has 1 heterocycles. The lowest BCUT2D eigenvalue weighted by Gasteiger charge is -2.24. The summed E-state index contributed by atoms with van der Waals surface area (Å²) < 4.78 is 0. The van der Waals surface area contributed by atoms with E-state index in [4.69, 9.17) is 16.6 Å². The molecule has 1 rings (SSSR count). The van der Waals surface area contributed by atoms with E-state index >= 15 is 0 Å². The highest BCUT2D eigenvalue weighted by atomic mass is 15.2. The molecule has 5 N–H and O–H groups in total. The Morgan fingerprint density at radius 3 is 2.69 bits per heavy atom. The number of nitrogens with zero attached hydrogens (tertiary/aromatic N) is 1. The van der Waals surface area contributed by atoms with Crippen molar-refractivity contribution in [3.63, 3.8) is 0 Å². The number of hydrogen-bond donors (Lipinski definition) is 4. The molecule has 0 fully saturated rings. The van der Waals surface area contributed by atoms with Crippen molar-refractivity contribution in [2.24, 2.45) is 11.7 Å². The predicted octanol–water partition coefficient (Wildman–Crippen LogP) is 1.78. The monoisotopic (exact) mass is 221 g/mol. The summed E-state index contributed by atoms with van der Waals surface area (Å²) in [5.74, 6) is 0.965. The lowest BCUT2D eigenvalue weighted by atomic mass is 10.0. The van der Waals surface area contributed by atoms with Crippen LogP contribution < -0.4 is 10.6 Å². The van der Waals surface area contributed by atoms with E-state index in [0.29, 0.717) is 5.84 Å². The summed E-state index contributed by atoms with van der Waals surface area (Å²) >= 11 is 0. The van der Waals surface area contributed by atoms with Crippen LogP contribution in [0.2, 0.25) is 0 Å². The Balaban J connectivity index is 2.78. The van der Waals surface area contributed by atoms with Gasteiger partial charge in [0.25, 0.3) is 0 Å². The number of nitrogens with one attached hydrogen (secondary N) is 3. The number of aromatic amines is 1. The second-order valence-electron chi connectivity index (χ2n) is 3.80. The molecule has 0 saturated carbocycles. The van der Waals surface area contributed by atoms with E-state index in [1.54, 1.807) is 11.9 Å². The fraction of sp³-hybridized carbons (Fsp3) is 0.455. The molecule has 0 bridgehead atoms. The Bertz CT molecular complexity index is 354. The van der Waals surface area contributed by atoms with E-state index in [1.165, 1.54) is 0 Å². The first-order valence-electron chi connectivity index (χ1n) is 5.37. The minimum Gasteiger partial charge on any atom is -0.387 e. The maximum absolute atomic E-state index is 8.05. The van der Waals surface area contributed by atoms with Gasteiger partial charge in [0.15, 0.2) is 0 Å². The third kappa shape index (κ3) is 2.62. The van der Waals surface area contributed by atoms with Gasteiger partial charge in [-0.2, -0.15) is 0 Å². The Morgan fingerprint density at radius 2 is 2.25 bits per heavy atom. The molecule has 0 amide bonds. The smallest absolute Gasteiger partial charge is 0.112 e. The van der Waals surface area contributed by atoms with E-state index in [-0.39, 0.29) is 11.8 Å². The van der Waals surface area contributed by atoms with Crippen LogP contribution in [0.15, 0.2) is 18.3 Å². The molecule has 1 unspecified atom stereocenters. The topological polar surface area (TPSA) is 92.8 Å². The molecule has 1 aromatic heterocycles. The second kappa shape index (κ2) is 5.34. The van der Waals surface area contributed by atoms with Crippen LogP contribution >= 0.6 is 0 Å². The van der Waals surface area contributed by atoms with Crippen molar-refractivity contribution in [3.05, 3.63) is 18.3 Å². The summed E-state index contributed by atoms with van der Waals surface area (Å²) in [5, 5.41) is 15.6. The summed E-state index contributed by atoms with van der Waals surface area (Å²) in [6.07, 6.45) is 3.45. The minimum absolute atomic E-state index is 0.0604. The zero-order valence-electron chi connectivity index (χ0n) is 9.75. The van der Waals surface area contributed by atoms with Gasteiger partial charge in [0.1, 0.15) is 17.5 Å². The highest BCUT2D eigenvalue weighted by Crippen LogP contribution is 2.15. The zero-order chi connectivity index (χ0) is 12.1. The van der Waals surface area contributed by atoms with Gasteiger partial charge in [-0.15, -0.1) is 0 Å². The zero-order valence-corrected chi connectivity index (χ0v) is 9.75. The van der Waals surface area contributed by atoms with Gasteiger partial charge in [0.05, 0.1) is 5.92 Å². The van der Waals surface area contributed by atoms with E-state index in [9.17, 15) is 0 Å². The maximum Gasteiger partial charge on any atom is 0.112 e. The van der Waals surface area contributed by atoms with Crippen LogP contribution in [0.5, 0.6) is 0 Å². The van der Waals surface area contributed by atoms with Crippen molar-refractivity contribution < 1.29 is 0 Å². The normalized spacial score (nSPS) is 12.1. The first kappa shape index (κ1) is 12.3. The van der Waals surface area contributed by atoms with Crippen molar-refractivity contribution >= 4 is 17.5 Å². The van der Waals surface area contributed by atoms with Gasteiger partial charge in [0.2, 0.25) is 0 Å². The van der Waals surface area contributed by atoms with Gasteiger partial charge in [-0.1, -0.05) is 13.3 Å². The highest BCUT2D eigenvalue weighted by molar-refractivity contribution is 6.08. The van der Waals surface area contributed by atoms with Crippen LogP contribution in [0.4, 0.5) is 5.82 Å². The largest absolute Gasteiger partial charge is 0.387 e. The Labute approximate surface area is 95.7 Å². The van der Waals surface area contributed by atoms with Gasteiger partial charge in [0, 0.05) is 13.2 Å². The van der Waals surface area contributed by atoms with Crippen LogP contribution in [0, 0.1) is 16.7 Å². The number of anilines is 1. The van der Waals surface area contributed by atoms with Crippen molar-refractivity contribution in [2.75, 3.05) is 11.9 Å². The number of aromatic nitrogens is 1. The Morgan fingerprint density at radius 1 is 1.56 bits per heavy atom. The molecular formula is C11H19N5. The second-order valence-corrected chi connectivity index (χ2v) is 3.80. The molecule has 5 nitrogen and oxygen atoms in total. The van der Waals surface area contributed by atoms with E-state index < -0.39 is 0 Å². The number of rotatable bonds is 5. The molecule has 5 heteroatoms. The predicted molar refractivity (Wildman–Crippen MR) is 67.2 cm³/mol. The SMILES string of the molecule is CCCC(C(=N)N)C(=N)N(C)c1ccc[nH]1. The summed E-state index contributed by atoms with van der Waals surface area (Å²) in [7, 11) is 1.81. The average molecular weight is 221 g/mol. The minimum atomic E-state index is -0.293. The van der Waals surface area contributed by atoms with E-state index in [0.717, 1.165) is 18.7 Å². The third-order valence-corrected chi connectivity index (χ3v) is 2.59. The van der Waals surface area contributed by atoms with Crippen molar-refractivity contribution in [2.45, 2.75) is 19.8 Å². The standard InChI is InChI=1S/C11H19N5/c1-3-5-8(10(12)13)11(14)16(2)9-6-4-7-15-9/h4,6-8,14-15H,3,5H2,1-2H3,(H3,12,13). The molecule has 0 aliphatic rings. The quantitative estimate of drug-likeness (QED) is 0.450. The molecule has 1 aromatic rings. The van der Waals surface area contributed by atoms with Crippen LogP contribution in [0.3, 0.4) is 0 Å². The fourth-order valence-corrected chi connectivity index (χ4v) is 1.62. The lowest BCUT2D eigenvalue weighted by Crippen LogP contribution is -2.39.